The number of ether oxygens (including phenoxy) is 1. The lowest BCUT2D eigenvalue weighted by molar-refractivity contribution is 0.107. The minimum absolute atomic E-state index is 0.367. The molecule has 1 aliphatic rings. The number of anilines is 1. The molecule has 21 heavy (non-hydrogen) atoms. The molecule has 0 amide bonds. The molecule has 0 radical (unpaired) electrons. The minimum atomic E-state index is 0.367. The molecule has 3 rings (SSSR count). The van der Waals surface area contributed by atoms with E-state index in [2.05, 4.69) is 10.3 Å². The van der Waals surface area contributed by atoms with Gasteiger partial charge in [0.05, 0.1) is 17.2 Å². The zero-order valence-corrected chi connectivity index (χ0v) is 12.7. The Morgan fingerprint density at radius 2 is 2.29 bits per heavy atom. The van der Waals surface area contributed by atoms with Crippen molar-refractivity contribution in [1.29, 1.82) is 0 Å². The third-order valence-electron chi connectivity index (χ3n) is 3.77. The summed E-state index contributed by atoms with van der Waals surface area (Å²) >= 11 is 5.14. The fourth-order valence-corrected chi connectivity index (χ4v) is 2.82. The fourth-order valence-electron chi connectivity index (χ4n) is 2.66. The molecule has 110 valence electrons. The molecule has 1 aromatic heterocycles. The molecule has 5 heteroatoms. The van der Waals surface area contributed by atoms with Crippen molar-refractivity contribution in [2.24, 2.45) is 5.73 Å². The van der Waals surface area contributed by atoms with Crippen molar-refractivity contribution in [3.63, 3.8) is 0 Å². The number of nitrogens with two attached hydrogens (primary N) is 1. The van der Waals surface area contributed by atoms with Gasteiger partial charge in [0.1, 0.15) is 10.8 Å². The van der Waals surface area contributed by atoms with Crippen LogP contribution in [0.25, 0.3) is 10.9 Å². The topological polar surface area (TPSA) is 60.2 Å². The van der Waals surface area contributed by atoms with E-state index in [9.17, 15) is 0 Å². The van der Waals surface area contributed by atoms with Gasteiger partial charge in [0.2, 0.25) is 0 Å². The van der Waals surface area contributed by atoms with E-state index in [0.29, 0.717) is 11.1 Å². The lowest BCUT2D eigenvalue weighted by atomic mass is 10.1. The average Bonchev–Trinajstić information content (AvgIpc) is 2.99. The highest BCUT2D eigenvalue weighted by atomic mass is 32.1. The van der Waals surface area contributed by atoms with Crippen LogP contribution in [0.5, 0.6) is 0 Å². The van der Waals surface area contributed by atoms with Crippen LogP contribution in [0.2, 0.25) is 0 Å². The summed E-state index contributed by atoms with van der Waals surface area (Å²) < 4.78 is 5.63. The van der Waals surface area contributed by atoms with E-state index < -0.39 is 0 Å². The number of nitrogens with zero attached hydrogens (tertiary/aromatic N) is 1. The summed E-state index contributed by atoms with van der Waals surface area (Å²) in [5.41, 5.74) is 7.57. The van der Waals surface area contributed by atoms with Crippen LogP contribution < -0.4 is 11.1 Å². The van der Waals surface area contributed by atoms with Gasteiger partial charge in [-0.2, -0.15) is 0 Å². The highest BCUT2D eigenvalue weighted by Gasteiger charge is 2.15. The van der Waals surface area contributed by atoms with Gasteiger partial charge in [-0.25, -0.2) is 4.98 Å². The third-order valence-corrected chi connectivity index (χ3v) is 3.99. The Bertz CT molecular complexity index is 653. The van der Waals surface area contributed by atoms with Crippen LogP contribution in [0.15, 0.2) is 30.3 Å². The van der Waals surface area contributed by atoms with Gasteiger partial charge in [0, 0.05) is 18.5 Å². The van der Waals surface area contributed by atoms with Gasteiger partial charge in [-0.1, -0.05) is 30.4 Å². The molecule has 1 aliphatic heterocycles. The van der Waals surface area contributed by atoms with Gasteiger partial charge in [0.15, 0.2) is 0 Å². The molecule has 0 spiro atoms. The van der Waals surface area contributed by atoms with Gasteiger partial charge >= 0.3 is 0 Å². The predicted molar refractivity (Wildman–Crippen MR) is 89.7 cm³/mol. The molecule has 0 saturated carbocycles. The van der Waals surface area contributed by atoms with Crippen molar-refractivity contribution >= 4 is 33.9 Å². The summed E-state index contributed by atoms with van der Waals surface area (Å²) in [4.78, 5) is 5.01. The van der Waals surface area contributed by atoms with Gasteiger partial charge < -0.3 is 15.8 Å². The van der Waals surface area contributed by atoms with Gasteiger partial charge in [-0.3, -0.25) is 0 Å². The SMILES string of the molecule is NC(=S)c1cc2ccccc2nc1NCCC1CCCO1. The molecule has 2 heterocycles. The minimum Gasteiger partial charge on any atom is -0.389 e. The van der Waals surface area contributed by atoms with Crippen molar-refractivity contribution in [3.8, 4) is 0 Å². The second-order valence-corrected chi connectivity index (χ2v) is 5.73. The molecule has 1 unspecified atom stereocenters. The lowest BCUT2D eigenvalue weighted by Crippen LogP contribution is -2.17. The normalized spacial score (nSPS) is 18.0. The monoisotopic (exact) mass is 301 g/mol. The van der Waals surface area contributed by atoms with E-state index in [-0.39, 0.29) is 0 Å². The first kappa shape index (κ1) is 14.2. The molecule has 3 N–H and O–H groups in total. The molecule has 4 nitrogen and oxygen atoms in total. The van der Waals surface area contributed by atoms with Crippen molar-refractivity contribution in [2.75, 3.05) is 18.5 Å². The highest BCUT2D eigenvalue weighted by Crippen LogP contribution is 2.21. The summed E-state index contributed by atoms with van der Waals surface area (Å²) in [5, 5.41) is 4.40. The molecule has 1 atom stereocenters. The number of para-hydroxylation sites is 1. The van der Waals surface area contributed by atoms with Crippen LogP contribution >= 0.6 is 12.2 Å². The Morgan fingerprint density at radius 1 is 1.43 bits per heavy atom. The fraction of sp³-hybridized carbons (Fsp3) is 0.375. The van der Waals surface area contributed by atoms with E-state index in [1.54, 1.807) is 0 Å². The van der Waals surface area contributed by atoms with E-state index >= 15 is 0 Å². The molecular formula is C16H19N3OS. The quantitative estimate of drug-likeness (QED) is 0.832. The third kappa shape index (κ3) is 3.31. The van der Waals surface area contributed by atoms with E-state index in [4.69, 9.17) is 22.7 Å². The maximum atomic E-state index is 5.83. The van der Waals surface area contributed by atoms with Crippen molar-refractivity contribution in [2.45, 2.75) is 25.4 Å². The van der Waals surface area contributed by atoms with Crippen molar-refractivity contribution < 1.29 is 4.74 Å². The van der Waals surface area contributed by atoms with Crippen LogP contribution in [0.1, 0.15) is 24.8 Å². The largest absolute Gasteiger partial charge is 0.389 e. The Hall–Kier alpha value is -1.72. The number of thiocarbonyl (C=S) groups is 1. The summed E-state index contributed by atoms with van der Waals surface area (Å²) in [6.45, 7) is 1.70. The maximum Gasteiger partial charge on any atom is 0.136 e. The second kappa shape index (κ2) is 6.37. The second-order valence-electron chi connectivity index (χ2n) is 5.29. The van der Waals surface area contributed by atoms with E-state index in [1.807, 2.05) is 30.3 Å². The molecule has 0 aliphatic carbocycles. The van der Waals surface area contributed by atoms with Gasteiger partial charge in [-0.05, 0) is 31.4 Å². The first-order valence-corrected chi connectivity index (χ1v) is 7.70. The van der Waals surface area contributed by atoms with Crippen LogP contribution in [0.4, 0.5) is 5.82 Å². The Labute approximate surface area is 129 Å². The van der Waals surface area contributed by atoms with Gasteiger partial charge in [-0.15, -0.1) is 0 Å². The first-order valence-electron chi connectivity index (χ1n) is 7.29. The van der Waals surface area contributed by atoms with E-state index in [0.717, 1.165) is 54.7 Å². The average molecular weight is 301 g/mol. The number of aromatic nitrogens is 1. The number of benzene rings is 1. The van der Waals surface area contributed by atoms with Gasteiger partial charge in [0.25, 0.3) is 0 Å². The number of fused-ring (bicyclic) bond motifs is 1. The molecule has 0 bridgehead atoms. The zero-order chi connectivity index (χ0) is 14.7. The molecule has 1 saturated heterocycles. The summed E-state index contributed by atoms with van der Waals surface area (Å²) in [5.74, 6) is 0.763. The summed E-state index contributed by atoms with van der Waals surface area (Å²) in [6.07, 6.45) is 3.66. The number of nitrogens with one attached hydrogen (secondary N) is 1. The standard InChI is InChI=1S/C16H19N3OS/c17-15(21)13-10-11-4-1-2-6-14(11)19-16(13)18-8-7-12-5-3-9-20-12/h1-2,4,6,10,12H,3,5,7-9H2,(H2,17,21)(H,18,19). The Balaban J connectivity index is 1.78. The first-order chi connectivity index (χ1) is 10.2. The van der Waals surface area contributed by atoms with Crippen LogP contribution in [-0.4, -0.2) is 29.2 Å². The zero-order valence-electron chi connectivity index (χ0n) is 11.8. The van der Waals surface area contributed by atoms with Crippen LogP contribution in [0.3, 0.4) is 0 Å². The Morgan fingerprint density at radius 3 is 3.05 bits per heavy atom. The van der Waals surface area contributed by atoms with Crippen LogP contribution in [0, 0.1) is 0 Å². The van der Waals surface area contributed by atoms with Crippen molar-refractivity contribution in [1.82, 2.24) is 4.98 Å². The smallest absolute Gasteiger partial charge is 0.136 e. The highest BCUT2D eigenvalue weighted by molar-refractivity contribution is 7.80. The molecule has 2 aromatic rings. The molecule has 1 fully saturated rings. The number of pyridine rings is 1. The summed E-state index contributed by atoms with van der Waals surface area (Å²) in [6, 6.07) is 9.97. The predicted octanol–water partition coefficient (Wildman–Crippen LogP) is 2.85. The van der Waals surface area contributed by atoms with Crippen molar-refractivity contribution in [3.05, 3.63) is 35.9 Å². The molecule has 1 aromatic carbocycles. The number of hydrogen-bond donors (Lipinski definition) is 2. The molecular weight excluding hydrogens is 282 g/mol. The van der Waals surface area contributed by atoms with E-state index in [1.165, 1.54) is 0 Å². The number of rotatable bonds is 5. The Kier molecular flexibility index (Phi) is 4.31. The lowest BCUT2D eigenvalue weighted by Gasteiger charge is -2.14. The maximum absolute atomic E-state index is 5.83. The number of hydrogen-bond acceptors (Lipinski definition) is 4. The summed E-state index contributed by atoms with van der Waals surface area (Å²) in [7, 11) is 0. The van der Waals surface area contributed by atoms with Crippen LogP contribution in [-0.2, 0) is 4.74 Å².